The molecule has 0 radical (unpaired) electrons. The molecule has 1 aromatic heterocycles. The van der Waals surface area contributed by atoms with Crippen LogP contribution in [0.25, 0.3) is 0 Å². The maximum absolute atomic E-state index is 13.5. The number of halogens is 2. The maximum Gasteiger partial charge on any atom is 0.267 e. The first kappa shape index (κ1) is 16.9. The van der Waals surface area contributed by atoms with Crippen LogP contribution in [0.5, 0.6) is 0 Å². The Labute approximate surface area is 149 Å². The number of hydrogen-bond donors (Lipinski definition) is 1. The minimum absolute atomic E-state index is 0.00899. The molecule has 1 spiro atoms. The first-order valence-electron chi connectivity index (χ1n) is 8.91. The number of amides is 2. The number of alkyl halides is 2. The van der Waals surface area contributed by atoms with Gasteiger partial charge in [-0.25, -0.2) is 8.78 Å². The zero-order valence-corrected chi connectivity index (χ0v) is 14.8. The molecule has 1 saturated heterocycles. The van der Waals surface area contributed by atoms with Gasteiger partial charge in [-0.15, -0.1) is 0 Å². The van der Waals surface area contributed by atoms with Crippen molar-refractivity contribution in [1.29, 1.82) is 0 Å². The Morgan fingerprint density at radius 2 is 2.08 bits per heavy atom. The van der Waals surface area contributed by atoms with Crippen molar-refractivity contribution < 1.29 is 18.4 Å². The molecule has 2 amide bonds. The summed E-state index contributed by atoms with van der Waals surface area (Å²) in [5.41, 5.74) is 0.449. The van der Waals surface area contributed by atoms with Crippen LogP contribution in [-0.2, 0) is 4.79 Å². The van der Waals surface area contributed by atoms with E-state index >= 15 is 0 Å². The van der Waals surface area contributed by atoms with Crippen molar-refractivity contribution in [3.05, 3.63) is 22.4 Å². The van der Waals surface area contributed by atoms with Gasteiger partial charge in [0.1, 0.15) is 0 Å². The Kier molecular flexibility index (Phi) is 4.09. The van der Waals surface area contributed by atoms with Gasteiger partial charge in [0.05, 0.1) is 11.6 Å². The summed E-state index contributed by atoms with van der Waals surface area (Å²) >= 11 is 1.49. The second-order valence-electron chi connectivity index (χ2n) is 7.66. The first-order valence-corrected chi connectivity index (χ1v) is 9.85. The molecule has 0 bridgehead atoms. The van der Waals surface area contributed by atoms with Crippen LogP contribution in [0.3, 0.4) is 0 Å². The lowest BCUT2D eigenvalue weighted by atomic mass is 9.76. The molecular formula is C18H22F2N2O2S. The molecule has 1 aromatic rings. The summed E-state index contributed by atoms with van der Waals surface area (Å²) in [5.74, 6) is -3.26. The summed E-state index contributed by atoms with van der Waals surface area (Å²) in [5, 5.41) is 6.30. The fourth-order valence-electron chi connectivity index (χ4n) is 4.63. The third-order valence-corrected chi connectivity index (χ3v) is 6.94. The molecule has 4 nitrogen and oxygen atoms in total. The van der Waals surface area contributed by atoms with Gasteiger partial charge in [-0.1, -0.05) is 6.42 Å². The number of carbonyl (C=O) groups is 2. The monoisotopic (exact) mass is 368 g/mol. The molecule has 1 aliphatic heterocycles. The normalized spacial score (nSPS) is 33.4. The molecule has 4 rings (SSSR count). The summed E-state index contributed by atoms with van der Waals surface area (Å²) < 4.78 is 27.0. The van der Waals surface area contributed by atoms with Crippen LogP contribution in [0.2, 0.25) is 0 Å². The summed E-state index contributed by atoms with van der Waals surface area (Å²) in [6.07, 6.45) is 3.52. The summed E-state index contributed by atoms with van der Waals surface area (Å²) in [4.78, 5) is 27.1. The summed E-state index contributed by atoms with van der Waals surface area (Å²) in [7, 11) is 0. The number of likely N-dealkylation sites (tertiary alicyclic amines) is 1. The van der Waals surface area contributed by atoms with Crippen LogP contribution < -0.4 is 5.32 Å². The fraction of sp³-hybridized carbons (Fsp3) is 0.667. The lowest BCUT2D eigenvalue weighted by molar-refractivity contribution is -0.142. The van der Waals surface area contributed by atoms with Gasteiger partial charge in [0.2, 0.25) is 5.91 Å². The van der Waals surface area contributed by atoms with Crippen molar-refractivity contribution in [1.82, 2.24) is 10.2 Å². The first-order chi connectivity index (χ1) is 11.9. The lowest BCUT2D eigenvalue weighted by Gasteiger charge is -2.39. The predicted octanol–water partition coefficient (Wildman–Crippen LogP) is 3.29. The van der Waals surface area contributed by atoms with E-state index in [0.717, 1.165) is 25.7 Å². The Morgan fingerprint density at radius 3 is 2.72 bits per heavy atom. The molecule has 0 aromatic carbocycles. The van der Waals surface area contributed by atoms with Crippen molar-refractivity contribution in [3.63, 3.8) is 0 Å². The SMILES string of the molecule is O=C(N[C@@H]1CCC1(F)F)[C@H]1CCC[C@]12CCN(C(=O)c1ccsc1)C2. The fourth-order valence-corrected chi connectivity index (χ4v) is 5.26. The zero-order valence-electron chi connectivity index (χ0n) is 14.0. The van der Waals surface area contributed by atoms with Gasteiger partial charge in [-0.05, 0) is 37.1 Å². The number of hydrogen-bond acceptors (Lipinski definition) is 3. The molecule has 3 atom stereocenters. The number of carbonyl (C=O) groups excluding carboxylic acids is 2. The Hall–Kier alpha value is -1.50. The van der Waals surface area contributed by atoms with E-state index in [2.05, 4.69) is 5.32 Å². The van der Waals surface area contributed by atoms with Crippen LogP contribution in [0.1, 0.15) is 48.9 Å². The topological polar surface area (TPSA) is 49.4 Å². The highest BCUT2D eigenvalue weighted by atomic mass is 32.1. The van der Waals surface area contributed by atoms with E-state index in [1.807, 2.05) is 21.7 Å². The maximum atomic E-state index is 13.5. The molecular weight excluding hydrogens is 346 g/mol. The average Bonchev–Trinajstić information content (AvgIpc) is 3.33. The Bertz CT molecular complexity index is 679. The molecule has 25 heavy (non-hydrogen) atoms. The standard InChI is InChI=1S/C18H22F2N2O2S/c19-18(20)6-3-14(18)21-15(23)13-2-1-5-17(13)7-8-22(11-17)16(24)12-4-9-25-10-12/h4,9-10,13-14H,1-3,5-8,11H2,(H,21,23)/t13-,14-,17-/m1/s1. The smallest absolute Gasteiger partial charge is 0.267 e. The molecule has 1 N–H and O–H groups in total. The number of nitrogens with zero attached hydrogens (tertiary/aromatic N) is 1. The van der Waals surface area contributed by atoms with Crippen molar-refractivity contribution in [2.45, 2.75) is 50.5 Å². The van der Waals surface area contributed by atoms with E-state index in [-0.39, 0.29) is 29.6 Å². The summed E-state index contributed by atoms with van der Waals surface area (Å²) in [6, 6.07) is 0.804. The molecule has 2 aliphatic carbocycles. The number of nitrogens with one attached hydrogen (secondary N) is 1. The lowest BCUT2D eigenvalue weighted by Crippen LogP contribution is -2.57. The molecule has 2 saturated carbocycles. The van der Waals surface area contributed by atoms with Gasteiger partial charge in [-0.3, -0.25) is 9.59 Å². The van der Waals surface area contributed by atoms with Crippen molar-refractivity contribution in [2.75, 3.05) is 13.1 Å². The molecule has 2 heterocycles. The largest absolute Gasteiger partial charge is 0.347 e. The van der Waals surface area contributed by atoms with Crippen LogP contribution in [-0.4, -0.2) is 41.8 Å². The zero-order chi connectivity index (χ0) is 17.7. The third kappa shape index (κ3) is 2.86. The van der Waals surface area contributed by atoms with E-state index in [4.69, 9.17) is 0 Å². The van der Waals surface area contributed by atoms with Gasteiger partial charge in [0.25, 0.3) is 11.8 Å². The molecule has 136 valence electrons. The van der Waals surface area contributed by atoms with Gasteiger partial charge in [0, 0.05) is 36.2 Å². The van der Waals surface area contributed by atoms with Gasteiger partial charge >= 0.3 is 0 Å². The van der Waals surface area contributed by atoms with E-state index in [1.54, 1.807) is 0 Å². The van der Waals surface area contributed by atoms with E-state index in [1.165, 1.54) is 11.3 Å². The highest BCUT2D eigenvalue weighted by molar-refractivity contribution is 7.08. The predicted molar refractivity (Wildman–Crippen MR) is 90.7 cm³/mol. The number of rotatable bonds is 3. The van der Waals surface area contributed by atoms with Crippen molar-refractivity contribution in [2.24, 2.45) is 11.3 Å². The summed E-state index contributed by atoms with van der Waals surface area (Å²) in [6.45, 7) is 1.19. The molecule has 3 aliphatic rings. The van der Waals surface area contributed by atoms with Crippen molar-refractivity contribution in [3.8, 4) is 0 Å². The van der Waals surface area contributed by atoms with E-state index in [9.17, 15) is 18.4 Å². The second-order valence-corrected chi connectivity index (χ2v) is 8.44. The van der Waals surface area contributed by atoms with Gasteiger partial charge < -0.3 is 10.2 Å². The molecule has 0 unspecified atom stereocenters. The van der Waals surface area contributed by atoms with E-state index in [0.29, 0.717) is 25.1 Å². The third-order valence-electron chi connectivity index (χ3n) is 6.26. The van der Waals surface area contributed by atoms with Crippen LogP contribution in [0, 0.1) is 11.3 Å². The van der Waals surface area contributed by atoms with Gasteiger partial charge in [-0.2, -0.15) is 11.3 Å². The minimum Gasteiger partial charge on any atom is -0.347 e. The Balaban J connectivity index is 1.44. The van der Waals surface area contributed by atoms with Crippen molar-refractivity contribution >= 4 is 23.2 Å². The average molecular weight is 368 g/mol. The minimum atomic E-state index is -2.77. The highest BCUT2D eigenvalue weighted by Gasteiger charge is 2.54. The Morgan fingerprint density at radius 1 is 1.24 bits per heavy atom. The highest BCUT2D eigenvalue weighted by Crippen LogP contribution is 2.50. The number of thiophene rings is 1. The van der Waals surface area contributed by atoms with Gasteiger partial charge in [0.15, 0.2) is 0 Å². The van der Waals surface area contributed by atoms with E-state index < -0.39 is 12.0 Å². The van der Waals surface area contributed by atoms with Crippen LogP contribution >= 0.6 is 11.3 Å². The molecule has 3 fully saturated rings. The van der Waals surface area contributed by atoms with Crippen LogP contribution in [0.4, 0.5) is 8.78 Å². The molecule has 7 heteroatoms. The van der Waals surface area contributed by atoms with Crippen LogP contribution in [0.15, 0.2) is 16.8 Å². The second kappa shape index (κ2) is 6.04. The quantitative estimate of drug-likeness (QED) is 0.890.